The van der Waals surface area contributed by atoms with Crippen molar-refractivity contribution in [2.75, 3.05) is 6.61 Å². The van der Waals surface area contributed by atoms with E-state index in [1.54, 1.807) is 18.2 Å². The normalized spacial score (nSPS) is 18.8. The molecule has 0 bridgehead atoms. The van der Waals surface area contributed by atoms with Crippen LogP contribution in [-0.4, -0.2) is 30.6 Å². The molecule has 0 saturated carbocycles. The topological polar surface area (TPSA) is 67.4 Å². The van der Waals surface area contributed by atoms with Gasteiger partial charge in [-0.05, 0) is 50.1 Å². The van der Waals surface area contributed by atoms with Crippen LogP contribution >= 0.6 is 0 Å². The van der Waals surface area contributed by atoms with Crippen molar-refractivity contribution in [2.24, 2.45) is 0 Å². The molecule has 5 nitrogen and oxygen atoms in total. The molecular formula is C27H33FN2O3. The Kier molecular flexibility index (Phi) is 12.2. The van der Waals surface area contributed by atoms with E-state index in [0.29, 0.717) is 22.4 Å². The molecule has 0 fully saturated rings. The Labute approximate surface area is 196 Å². The molecule has 0 saturated heterocycles. The molecule has 1 unspecified atom stereocenters. The van der Waals surface area contributed by atoms with Crippen LogP contribution in [0.15, 0.2) is 83.4 Å². The van der Waals surface area contributed by atoms with Gasteiger partial charge in [0.25, 0.3) is 5.91 Å². The van der Waals surface area contributed by atoms with Gasteiger partial charge in [0.1, 0.15) is 18.5 Å². The Balaban J connectivity index is 0.00000265. The fourth-order valence-corrected chi connectivity index (χ4v) is 2.82. The average Bonchev–Trinajstić information content (AvgIpc) is 3.07. The number of hydrogen-bond donors (Lipinski definition) is 2. The predicted octanol–water partition coefficient (Wildman–Crippen LogP) is 4.74. The summed E-state index contributed by atoms with van der Waals surface area (Å²) in [6.07, 6.45) is 12.3. The van der Waals surface area contributed by atoms with Crippen molar-refractivity contribution in [3.63, 3.8) is 0 Å². The molecule has 0 spiro atoms. The number of carbonyl (C=O) groups is 2. The Morgan fingerprint density at radius 2 is 2.09 bits per heavy atom. The maximum atomic E-state index is 13.4. The number of carbonyl (C=O) groups excluding carboxylic acids is 2. The average molecular weight is 453 g/mol. The Morgan fingerprint density at radius 3 is 2.76 bits per heavy atom. The second-order valence-corrected chi connectivity index (χ2v) is 7.19. The smallest absolute Gasteiger partial charge is 0.256 e. The van der Waals surface area contributed by atoms with Gasteiger partial charge in [0, 0.05) is 24.2 Å². The van der Waals surface area contributed by atoms with Gasteiger partial charge >= 0.3 is 0 Å². The van der Waals surface area contributed by atoms with E-state index in [2.05, 4.69) is 29.1 Å². The fraction of sp³-hybridized carbons (Fsp3) is 0.333. The zero-order valence-corrected chi connectivity index (χ0v) is 20.0. The molecule has 2 amide bonds. The van der Waals surface area contributed by atoms with E-state index in [4.69, 9.17) is 4.74 Å². The summed E-state index contributed by atoms with van der Waals surface area (Å²) < 4.78 is 19.1. The summed E-state index contributed by atoms with van der Waals surface area (Å²) in [6, 6.07) is -0.00177. The third kappa shape index (κ3) is 9.30. The third-order valence-electron chi connectivity index (χ3n) is 4.26. The van der Waals surface area contributed by atoms with E-state index in [1.165, 1.54) is 24.3 Å². The highest BCUT2D eigenvalue weighted by molar-refractivity contribution is 6.01. The minimum Gasteiger partial charge on any atom is -0.352 e. The third-order valence-corrected chi connectivity index (χ3v) is 4.26. The standard InChI is InChI=1S/C25H27FN2O3.C2H6/c1-5-6-11-21-18(4)23(31-16-24(29)27-17(2)3)13-8-12-22(21)25(30)28-20-10-7-9-19(26)14-15-20;1-2/h5-7,9-12,14,17,23H,4,15-16H2,1-3H3,(H,27,29)(H,28,30);1-2H3/b6-5-,21-11+;. The molecule has 0 aromatic heterocycles. The fourth-order valence-electron chi connectivity index (χ4n) is 2.82. The lowest BCUT2D eigenvalue weighted by Gasteiger charge is -2.19. The van der Waals surface area contributed by atoms with Crippen molar-refractivity contribution in [1.29, 1.82) is 0 Å². The first-order valence-corrected chi connectivity index (χ1v) is 11.0. The van der Waals surface area contributed by atoms with E-state index in [0.717, 1.165) is 0 Å². The second kappa shape index (κ2) is 14.6. The molecule has 1 atom stereocenters. The van der Waals surface area contributed by atoms with Gasteiger partial charge in [-0.3, -0.25) is 9.59 Å². The number of amides is 2. The highest BCUT2D eigenvalue weighted by Crippen LogP contribution is 2.26. The van der Waals surface area contributed by atoms with Gasteiger partial charge in [0.2, 0.25) is 5.91 Å². The van der Waals surface area contributed by atoms with Crippen LogP contribution in [0.5, 0.6) is 0 Å². The van der Waals surface area contributed by atoms with Crippen LogP contribution in [0.3, 0.4) is 0 Å². The van der Waals surface area contributed by atoms with E-state index < -0.39 is 6.10 Å². The van der Waals surface area contributed by atoms with Crippen LogP contribution in [0.2, 0.25) is 0 Å². The van der Waals surface area contributed by atoms with Gasteiger partial charge in [-0.2, -0.15) is 0 Å². The quantitative estimate of drug-likeness (QED) is 0.549. The van der Waals surface area contributed by atoms with Gasteiger partial charge < -0.3 is 15.4 Å². The van der Waals surface area contributed by atoms with E-state index in [-0.39, 0.29) is 36.7 Å². The molecule has 0 aromatic carbocycles. The monoisotopic (exact) mass is 452 g/mol. The van der Waals surface area contributed by atoms with Gasteiger partial charge in [-0.1, -0.05) is 56.6 Å². The molecule has 33 heavy (non-hydrogen) atoms. The summed E-state index contributed by atoms with van der Waals surface area (Å²) in [5.41, 5.74) is 1.88. The first kappa shape index (κ1) is 27.6. The summed E-state index contributed by atoms with van der Waals surface area (Å²) in [4.78, 5) is 24.9. The first-order chi connectivity index (χ1) is 15.8. The van der Waals surface area contributed by atoms with E-state index in [9.17, 15) is 14.0 Å². The number of ether oxygens (including phenoxy) is 1. The molecule has 6 heteroatoms. The zero-order chi connectivity index (χ0) is 24.8. The van der Waals surface area contributed by atoms with Crippen molar-refractivity contribution >= 4 is 11.8 Å². The lowest BCUT2D eigenvalue weighted by atomic mass is 9.95. The SMILES string of the molecule is C=C1/C(=C\C=C/C)C(C(=O)NC2=CC=CC(F)=CC2)=CC#CC1OCC(=O)NC(C)C.CC. The maximum Gasteiger partial charge on any atom is 0.256 e. The molecule has 2 N–H and O–H groups in total. The molecule has 2 rings (SSSR count). The molecule has 0 heterocycles. The summed E-state index contributed by atoms with van der Waals surface area (Å²) in [7, 11) is 0. The first-order valence-electron chi connectivity index (χ1n) is 11.0. The molecule has 2 aliphatic carbocycles. The molecule has 0 aliphatic heterocycles. The number of allylic oxidation sites excluding steroid dienone is 9. The zero-order valence-electron chi connectivity index (χ0n) is 20.0. The van der Waals surface area contributed by atoms with Crippen molar-refractivity contribution in [3.8, 4) is 11.8 Å². The Morgan fingerprint density at radius 1 is 1.36 bits per heavy atom. The van der Waals surface area contributed by atoms with Gasteiger partial charge in [-0.15, -0.1) is 0 Å². The highest BCUT2D eigenvalue weighted by atomic mass is 19.1. The van der Waals surface area contributed by atoms with Crippen molar-refractivity contribution in [3.05, 3.63) is 83.4 Å². The lowest BCUT2D eigenvalue weighted by Crippen LogP contribution is -2.34. The second-order valence-electron chi connectivity index (χ2n) is 7.19. The summed E-state index contributed by atoms with van der Waals surface area (Å²) >= 11 is 0. The molecule has 2 aliphatic rings. The van der Waals surface area contributed by atoms with Crippen LogP contribution in [0.4, 0.5) is 4.39 Å². The number of hydrogen-bond acceptors (Lipinski definition) is 3. The Hall–Kier alpha value is -3.43. The van der Waals surface area contributed by atoms with Gasteiger partial charge in [0.05, 0.1) is 5.57 Å². The van der Waals surface area contributed by atoms with E-state index in [1.807, 2.05) is 40.7 Å². The van der Waals surface area contributed by atoms with Crippen molar-refractivity contribution in [2.45, 2.75) is 53.2 Å². The minimum absolute atomic E-state index is 0.00177. The van der Waals surface area contributed by atoms with Crippen molar-refractivity contribution in [1.82, 2.24) is 10.6 Å². The number of nitrogens with one attached hydrogen (secondary N) is 2. The van der Waals surface area contributed by atoms with Crippen LogP contribution in [0.25, 0.3) is 0 Å². The molecule has 176 valence electrons. The van der Waals surface area contributed by atoms with Gasteiger partial charge in [0.15, 0.2) is 0 Å². The van der Waals surface area contributed by atoms with Crippen LogP contribution < -0.4 is 10.6 Å². The summed E-state index contributed by atoms with van der Waals surface area (Å²) in [5, 5.41) is 5.55. The Bertz CT molecular complexity index is 980. The van der Waals surface area contributed by atoms with Crippen molar-refractivity contribution < 1.29 is 18.7 Å². The summed E-state index contributed by atoms with van der Waals surface area (Å²) in [5.74, 6) is 4.71. The van der Waals surface area contributed by atoms with Crippen LogP contribution in [0.1, 0.15) is 41.0 Å². The maximum absolute atomic E-state index is 13.4. The van der Waals surface area contributed by atoms with Gasteiger partial charge in [-0.25, -0.2) is 4.39 Å². The molecule has 0 aromatic rings. The molecule has 0 radical (unpaired) electrons. The largest absolute Gasteiger partial charge is 0.352 e. The number of rotatable bonds is 7. The lowest BCUT2D eigenvalue weighted by molar-refractivity contribution is -0.126. The highest BCUT2D eigenvalue weighted by Gasteiger charge is 2.24. The summed E-state index contributed by atoms with van der Waals surface area (Å²) in [6.45, 7) is 13.5. The predicted molar refractivity (Wildman–Crippen MR) is 131 cm³/mol. The number of halogens is 1. The van der Waals surface area contributed by atoms with E-state index >= 15 is 0 Å². The van der Waals surface area contributed by atoms with Crippen LogP contribution in [0, 0.1) is 11.8 Å². The minimum atomic E-state index is -0.743. The van der Waals surface area contributed by atoms with Crippen LogP contribution in [-0.2, 0) is 14.3 Å². The molecular weight excluding hydrogens is 419 g/mol.